The smallest absolute Gasteiger partial charge is 0.410 e. The lowest BCUT2D eigenvalue weighted by atomic mass is 9.66. The normalized spacial score (nSPS) is 20.0. The van der Waals surface area contributed by atoms with Gasteiger partial charge in [-0.25, -0.2) is 14.8 Å². The van der Waals surface area contributed by atoms with E-state index in [2.05, 4.69) is 61.7 Å². The second-order valence-electron chi connectivity index (χ2n) is 14.8. The molecule has 1 amide bonds. The fourth-order valence-electron chi connectivity index (χ4n) is 7.85. The highest BCUT2D eigenvalue weighted by Crippen LogP contribution is 2.46. The molecule has 1 aromatic carbocycles. The molecular formula is C36H48N8O2. The van der Waals surface area contributed by atoms with E-state index in [0.717, 1.165) is 80.3 Å². The van der Waals surface area contributed by atoms with Gasteiger partial charge in [-0.1, -0.05) is 23.8 Å². The van der Waals surface area contributed by atoms with Crippen LogP contribution >= 0.6 is 0 Å². The number of piperidine rings is 2. The number of ether oxygens (including phenoxy) is 1. The summed E-state index contributed by atoms with van der Waals surface area (Å²) >= 11 is 0. The van der Waals surface area contributed by atoms with Gasteiger partial charge in [0.25, 0.3) is 0 Å². The Morgan fingerprint density at radius 3 is 2.43 bits per heavy atom. The summed E-state index contributed by atoms with van der Waals surface area (Å²) in [5.74, 6) is 0.723. The van der Waals surface area contributed by atoms with Crippen molar-refractivity contribution in [3.05, 3.63) is 60.8 Å². The number of likely N-dealkylation sites (tertiary alicyclic amines) is 2. The third-order valence-corrected chi connectivity index (χ3v) is 10.5. The highest BCUT2D eigenvalue weighted by Gasteiger charge is 2.41. The summed E-state index contributed by atoms with van der Waals surface area (Å²) in [6.07, 6.45) is 19.1. The Bertz CT molecular complexity index is 1660. The van der Waals surface area contributed by atoms with Gasteiger partial charge >= 0.3 is 6.09 Å². The summed E-state index contributed by atoms with van der Waals surface area (Å²) in [4.78, 5) is 26.6. The van der Waals surface area contributed by atoms with Crippen molar-refractivity contribution in [2.45, 2.75) is 96.7 Å². The third kappa shape index (κ3) is 6.49. The summed E-state index contributed by atoms with van der Waals surface area (Å²) in [5.41, 5.74) is 5.04. The van der Waals surface area contributed by atoms with Gasteiger partial charge in [0.1, 0.15) is 5.60 Å². The summed E-state index contributed by atoms with van der Waals surface area (Å²) in [6, 6.07) is 9.53. The molecule has 0 bridgehead atoms. The van der Waals surface area contributed by atoms with Gasteiger partial charge in [0.05, 0.1) is 29.8 Å². The van der Waals surface area contributed by atoms with Crippen molar-refractivity contribution in [2.24, 2.45) is 5.41 Å². The number of carbonyl (C=O) groups is 1. The van der Waals surface area contributed by atoms with Gasteiger partial charge in [-0.3, -0.25) is 9.08 Å². The van der Waals surface area contributed by atoms with Gasteiger partial charge in [-0.05, 0) is 90.5 Å². The minimum absolute atomic E-state index is 0.154. The summed E-state index contributed by atoms with van der Waals surface area (Å²) in [5, 5.41) is 8.23. The SMILES string of the molecule is Cc1cccc(-c2cnc(Nc3cnn(C4CCN(C5CCC6(CC5)CCN(C(=O)OC(C)(C)C)CC6)CC4)c3)c3nccn23)c1. The van der Waals surface area contributed by atoms with Crippen LogP contribution in [-0.2, 0) is 4.74 Å². The number of rotatable bonds is 5. The lowest BCUT2D eigenvalue weighted by molar-refractivity contribution is -0.00474. The Kier molecular flexibility index (Phi) is 8.25. The number of nitrogens with one attached hydrogen (secondary N) is 1. The Morgan fingerprint density at radius 2 is 1.72 bits per heavy atom. The van der Waals surface area contributed by atoms with Crippen molar-refractivity contribution in [1.29, 1.82) is 0 Å². The standard InChI is InChI=1S/C36H48N8O2/c1-26-6-5-7-27(22-26)31-24-38-32(33-37-16-21-43(31)33)40-28-23-39-44(25-28)30-10-17-41(18-11-30)29-8-12-36(13-9-29)14-19-42(20-15-36)34(45)46-35(2,3)4/h5-7,16,21-25,29-30H,8-15,17-20H2,1-4H3,(H,38,40). The van der Waals surface area contributed by atoms with Crippen LogP contribution in [0.25, 0.3) is 16.9 Å². The molecule has 7 rings (SSSR count). The zero-order valence-corrected chi connectivity index (χ0v) is 27.8. The van der Waals surface area contributed by atoms with Gasteiger partial charge in [0.2, 0.25) is 0 Å². The van der Waals surface area contributed by atoms with Crippen molar-refractivity contribution in [1.82, 2.24) is 33.9 Å². The second kappa shape index (κ2) is 12.4. The van der Waals surface area contributed by atoms with Gasteiger partial charge in [0, 0.05) is 56.4 Å². The molecule has 1 N–H and O–H groups in total. The topological polar surface area (TPSA) is 92.8 Å². The number of aromatic nitrogens is 5. The number of aryl methyl sites for hydroxylation is 1. The maximum Gasteiger partial charge on any atom is 0.410 e. The zero-order valence-electron chi connectivity index (χ0n) is 27.8. The molecule has 10 heteroatoms. The average Bonchev–Trinajstić information content (AvgIpc) is 3.72. The van der Waals surface area contributed by atoms with E-state index >= 15 is 0 Å². The first kappa shape index (κ1) is 30.7. The molecule has 2 aliphatic heterocycles. The first-order valence-electron chi connectivity index (χ1n) is 17.1. The molecule has 1 spiro atoms. The van der Waals surface area contributed by atoms with Crippen LogP contribution in [0.3, 0.4) is 0 Å². The molecule has 3 aromatic heterocycles. The van der Waals surface area contributed by atoms with Crippen LogP contribution in [-0.4, -0.2) is 77.9 Å². The van der Waals surface area contributed by atoms with Crippen molar-refractivity contribution in [3.63, 3.8) is 0 Å². The molecule has 0 atom stereocenters. The lowest BCUT2D eigenvalue weighted by Gasteiger charge is -2.48. The fourth-order valence-corrected chi connectivity index (χ4v) is 7.85. The first-order valence-corrected chi connectivity index (χ1v) is 17.1. The van der Waals surface area contributed by atoms with Crippen molar-refractivity contribution in [2.75, 3.05) is 31.5 Å². The van der Waals surface area contributed by atoms with E-state index in [4.69, 9.17) is 14.8 Å². The van der Waals surface area contributed by atoms with E-state index < -0.39 is 5.60 Å². The quantitative estimate of drug-likeness (QED) is 0.250. The van der Waals surface area contributed by atoms with Crippen molar-refractivity contribution < 1.29 is 9.53 Å². The minimum atomic E-state index is -0.436. The van der Waals surface area contributed by atoms with Gasteiger partial charge in [0.15, 0.2) is 11.5 Å². The number of fused-ring (bicyclic) bond motifs is 1. The van der Waals surface area contributed by atoms with Crippen LogP contribution in [0.4, 0.5) is 16.3 Å². The number of anilines is 2. The highest BCUT2D eigenvalue weighted by molar-refractivity contribution is 5.74. The summed E-state index contributed by atoms with van der Waals surface area (Å²) in [7, 11) is 0. The van der Waals surface area contributed by atoms with Crippen LogP contribution in [0.1, 0.15) is 83.7 Å². The number of hydrogen-bond donors (Lipinski definition) is 1. The first-order chi connectivity index (χ1) is 22.1. The monoisotopic (exact) mass is 624 g/mol. The molecule has 244 valence electrons. The Balaban J connectivity index is 0.906. The Hall–Kier alpha value is -3.92. The molecule has 3 aliphatic rings. The van der Waals surface area contributed by atoms with Crippen LogP contribution in [0.15, 0.2) is 55.2 Å². The molecule has 1 aliphatic carbocycles. The molecule has 4 aromatic rings. The second-order valence-corrected chi connectivity index (χ2v) is 14.8. The van der Waals surface area contributed by atoms with Gasteiger partial charge in [-0.15, -0.1) is 0 Å². The molecule has 1 saturated carbocycles. The van der Waals surface area contributed by atoms with E-state index in [1.807, 2.05) is 50.5 Å². The minimum Gasteiger partial charge on any atom is -0.444 e. The maximum absolute atomic E-state index is 12.5. The number of carbonyl (C=O) groups excluding carboxylic acids is 1. The van der Waals surface area contributed by atoms with Crippen LogP contribution in [0.2, 0.25) is 0 Å². The average molecular weight is 625 g/mol. The molecule has 3 fully saturated rings. The molecule has 10 nitrogen and oxygen atoms in total. The fraction of sp³-hybridized carbons (Fsp3) is 0.556. The van der Waals surface area contributed by atoms with E-state index in [1.54, 1.807) is 0 Å². The van der Waals surface area contributed by atoms with Crippen LogP contribution in [0.5, 0.6) is 0 Å². The zero-order chi connectivity index (χ0) is 31.9. The predicted octanol–water partition coefficient (Wildman–Crippen LogP) is 7.24. The van der Waals surface area contributed by atoms with E-state index in [0.29, 0.717) is 17.5 Å². The number of nitrogens with zero attached hydrogens (tertiary/aromatic N) is 7. The number of imidazole rings is 1. The molecule has 46 heavy (non-hydrogen) atoms. The van der Waals surface area contributed by atoms with Crippen LogP contribution < -0.4 is 5.32 Å². The van der Waals surface area contributed by atoms with E-state index in [1.165, 1.54) is 31.2 Å². The Morgan fingerprint density at radius 1 is 0.957 bits per heavy atom. The molecule has 5 heterocycles. The third-order valence-electron chi connectivity index (χ3n) is 10.5. The van der Waals surface area contributed by atoms with Gasteiger partial charge in [-0.2, -0.15) is 5.10 Å². The van der Waals surface area contributed by atoms with E-state index in [9.17, 15) is 4.79 Å². The lowest BCUT2D eigenvalue weighted by Crippen LogP contribution is -2.49. The predicted molar refractivity (Wildman–Crippen MR) is 180 cm³/mol. The summed E-state index contributed by atoms with van der Waals surface area (Å²) in [6.45, 7) is 11.8. The molecule has 0 radical (unpaired) electrons. The number of amides is 1. The molecule has 0 unspecified atom stereocenters. The van der Waals surface area contributed by atoms with Crippen molar-refractivity contribution in [3.8, 4) is 11.3 Å². The van der Waals surface area contributed by atoms with Crippen LogP contribution in [0, 0.1) is 12.3 Å². The molecule has 2 saturated heterocycles. The van der Waals surface area contributed by atoms with Crippen molar-refractivity contribution >= 4 is 23.2 Å². The summed E-state index contributed by atoms with van der Waals surface area (Å²) < 4.78 is 9.84. The maximum atomic E-state index is 12.5. The van der Waals surface area contributed by atoms with Gasteiger partial charge < -0.3 is 19.9 Å². The molecular weight excluding hydrogens is 576 g/mol. The number of benzene rings is 1. The van der Waals surface area contributed by atoms with E-state index in [-0.39, 0.29) is 6.09 Å². The highest BCUT2D eigenvalue weighted by atomic mass is 16.6. The number of hydrogen-bond acceptors (Lipinski definition) is 7. The Labute approximate surface area is 272 Å². The largest absolute Gasteiger partial charge is 0.444 e.